The molecule has 1 amide bonds. The molecule has 1 atom stereocenters. The molecule has 3 N–H and O–H groups in total. The van der Waals surface area contributed by atoms with Crippen LogP contribution in [-0.2, 0) is 4.79 Å². The Balaban J connectivity index is 2.86. The number of aryl methyl sites for hydroxylation is 1. The third kappa shape index (κ3) is 3.68. The Morgan fingerprint density at radius 1 is 1.44 bits per heavy atom. The molecule has 98 valence electrons. The molecule has 0 saturated heterocycles. The lowest BCUT2D eigenvalue weighted by atomic mass is 9.95. The van der Waals surface area contributed by atoms with Crippen LogP contribution in [0.2, 0.25) is 5.02 Å². The molecule has 0 heterocycles. The third-order valence-corrected chi connectivity index (χ3v) is 3.36. The van der Waals surface area contributed by atoms with E-state index in [1.54, 1.807) is 12.1 Å². The van der Waals surface area contributed by atoms with Gasteiger partial charge in [-0.1, -0.05) is 43.7 Å². The molecule has 0 fully saturated rings. The van der Waals surface area contributed by atoms with Gasteiger partial charge in [0.05, 0.1) is 10.9 Å². The average molecular weight is 285 g/mol. The zero-order valence-corrected chi connectivity index (χ0v) is 12.2. The maximum absolute atomic E-state index is 12.1. The summed E-state index contributed by atoms with van der Waals surface area (Å²) < 4.78 is 0. The van der Waals surface area contributed by atoms with Crippen LogP contribution in [0.1, 0.15) is 19.4 Å². The first kappa shape index (κ1) is 14.9. The first-order valence-electron chi connectivity index (χ1n) is 5.69. The second kappa shape index (κ2) is 6.16. The van der Waals surface area contributed by atoms with Crippen LogP contribution in [0.5, 0.6) is 0 Å². The summed E-state index contributed by atoms with van der Waals surface area (Å²) in [6.07, 6.45) is 0. The second-order valence-electron chi connectivity index (χ2n) is 4.58. The number of rotatable bonds is 4. The maximum Gasteiger partial charge on any atom is 0.234 e. The number of hydrogen-bond donors (Lipinski definition) is 2. The monoisotopic (exact) mass is 284 g/mol. The lowest BCUT2D eigenvalue weighted by Crippen LogP contribution is -2.36. The van der Waals surface area contributed by atoms with Gasteiger partial charge < -0.3 is 11.1 Å². The number of benzene rings is 1. The second-order valence-corrected chi connectivity index (χ2v) is 5.46. The van der Waals surface area contributed by atoms with E-state index in [-0.39, 0.29) is 16.8 Å². The van der Waals surface area contributed by atoms with Crippen LogP contribution in [-0.4, -0.2) is 10.9 Å². The molecular weight excluding hydrogens is 268 g/mol. The molecule has 0 saturated carbocycles. The molecule has 3 nitrogen and oxygen atoms in total. The molecule has 1 unspecified atom stereocenters. The Morgan fingerprint density at radius 3 is 2.50 bits per heavy atom. The summed E-state index contributed by atoms with van der Waals surface area (Å²) >= 11 is 10.9. The van der Waals surface area contributed by atoms with Crippen LogP contribution in [0.3, 0.4) is 0 Å². The minimum atomic E-state index is -0.472. The van der Waals surface area contributed by atoms with Crippen molar-refractivity contribution in [3.8, 4) is 0 Å². The van der Waals surface area contributed by atoms with Crippen molar-refractivity contribution >= 4 is 40.4 Å². The molecule has 1 rings (SSSR count). The molecule has 0 aliphatic carbocycles. The molecule has 0 radical (unpaired) electrons. The van der Waals surface area contributed by atoms with Crippen molar-refractivity contribution in [3.63, 3.8) is 0 Å². The number of carbonyl (C=O) groups is 1. The lowest BCUT2D eigenvalue weighted by Gasteiger charge is -2.19. The first-order chi connectivity index (χ1) is 8.32. The third-order valence-electron chi connectivity index (χ3n) is 2.70. The van der Waals surface area contributed by atoms with Crippen LogP contribution in [0.15, 0.2) is 18.2 Å². The average Bonchev–Trinajstić information content (AvgIpc) is 2.22. The number of hydrogen-bond acceptors (Lipinski definition) is 2. The highest BCUT2D eigenvalue weighted by Crippen LogP contribution is 2.21. The van der Waals surface area contributed by atoms with Crippen LogP contribution >= 0.6 is 23.8 Å². The highest BCUT2D eigenvalue weighted by molar-refractivity contribution is 7.80. The Labute approximate surface area is 118 Å². The topological polar surface area (TPSA) is 55.1 Å². The maximum atomic E-state index is 12.1. The predicted octanol–water partition coefficient (Wildman–Crippen LogP) is 3.15. The van der Waals surface area contributed by atoms with E-state index in [1.807, 2.05) is 26.8 Å². The summed E-state index contributed by atoms with van der Waals surface area (Å²) in [5.74, 6) is -0.610. The Hall–Kier alpha value is -1.13. The van der Waals surface area contributed by atoms with E-state index in [1.165, 1.54) is 0 Å². The smallest absolute Gasteiger partial charge is 0.234 e. The zero-order valence-electron chi connectivity index (χ0n) is 10.7. The van der Waals surface area contributed by atoms with Gasteiger partial charge in [-0.2, -0.15) is 0 Å². The molecule has 0 bridgehead atoms. The molecular formula is C13H17ClN2OS. The largest absolute Gasteiger partial charge is 0.393 e. The quantitative estimate of drug-likeness (QED) is 0.835. The standard InChI is InChI=1S/C13H17ClN2OS/c1-7(2)11(12(15)18)13(17)16-9-5-4-8(3)10(14)6-9/h4-7,11H,1-3H3,(H2,15,18)(H,16,17). The molecule has 0 spiro atoms. The SMILES string of the molecule is Cc1ccc(NC(=O)C(C(N)=S)C(C)C)cc1Cl. The highest BCUT2D eigenvalue weighted by Gasteiger charge is 2.25. The fraction of sp³-hybridized carbons (Fsp3) is 0.385. The lowest BCUT2D eigenvalue weighted by molar-refractivity contribution is -0.118. The van der Waals surface area contributed by atoms with Crippen LogP contribution in [0.25, 0.3) is 0 Å². The van der Waals surface area contributed by atoms with Crippen LogP contribution in [0, 0.1) is 18.8 Å². The molecule has 1 aromatic carbocycles. The van der Waals surface area contributed by atoms with Crippen molar-refractivity contribution in [3.05, 3.63) is 28.8 Å². The van der Waals surface area contributed by atoms with Gasteiger partial charge in [0, 0.05) is 10.7 Å². The number of carbonyl (C=O) groups excluding carboxylic acids is 1. The van der Waals surface area contributed by atoms with Gasteiger partial charge in [-0.15, -0.1) is 0 Å². The van der Waals surface area contributed by atoms with E-state index in [0.29, 0.717) is 10.7 Å². The van der Waals surface area contributed by atoms with Gasteiger partial charge in [0.25, 0.3) is 0 Å². The number of amides is 1. The number of anilines is 1. The predicted molar refractivity (Wildman–Crippen MR) is 79.9 cm³/mol. The van der Waals surface area contributed by atoms with Crippen LogP contribution < -0.4 is 11.1 Å². The van der Waals surface area contributed by atoms with Crippen molar-refractivity contribution in [2.24, 2.45) is 17.6 Å². The minimum Gasteiger partial charge on any atom is -0.393 e. The van der Waals surface area contributed by atoms with Gasteiger partial charge in [0.2, 0.25) is 5.91 Å². The summed E-state index contributed by atoms with van der Waals surface area (Å²) in [5, 5.41) is 3.40. The summed E-state index contributed by atoms with van der Waals surface area (Å²) in [6, 6.07) is 5.37. The fourth-order valence-corrected chi connectivity index (χ4v) is 2.21. The van der Waals surface area contributed by atoms with E-state index in [9.17, 15) is 4.79 Å². The summed E-state index contributed by atoms with van der Waals surface area (Å²) in [7, 11) is 0. The fourth-order valence-electron chi connectivity index (χ4n) is 1.65. The summed E-state index contributed by atoms with van der Waals surface area (Å²) in [6.45, 7) is 5.72. The molecule has 0 aliphatic heterocycles. The Morgan fingerprint density at radius 2 is 2.06 bits per heavy atom. The van der Waals surface area contributed by atoms with E-state index < -0.39 is 5.92 Å². The number of thiocarbonyl (C=S) groups is 1. The van der Waals surface area contributed by atoms with Gasteiger partial charge >= 0.3 is 0 Å². The van der Waals surface area contributed by atoms with Crippen molar-refractivity contribution in [1.29, 1.82) is 0 Å². The van der Waals surface area contributed by atoms with Crippen molar-refractivity contribution in [2.75, 3.05) is 5.32 Å². The Bertz CT molecular complexity index is 474. The van der Waals surface area contributed by atoms with Gasteiger partial charge in [0.15, 0.2) is 0 Å². The summed E-state index contributed by atoms with van der Waals surface area (Å²) in [4.78, 5) is 12.3. The van der Waals surface area contributed by atoms with Crippen molar-refractivity contribution < 1.29 is 4.79 Å². The normalized spacial score (nSPS) is 12.3. The number of nitrogens with two attached hydrogens (primary N) is 1. The van der Waals surface area contributed by atoms with E-state index in [2.05, 4.69) is 5.32 Å². The van der Waals surface area contributed by atoms with Gasteiger partial charge in [0.1, 0.15) is 0 Å². The molecule has 5 heteroatoms. The van der Waals surface area contributed by atoms with Crippen LogP contribution in [0.4, 0.5) is 5.69 Å². The number of halogens is 1. The van der Waals surface area contributed by atoms with Crippen molar-refractivity contribution in [2.45, 2.75) is 20.8 Å². The molecule has 0 aromatic heterocycles. The van der Waals surface area contributed by atoms with Gasteiger partial charge in [-0.25, -0.2) is 0 Å². The summed E-state index contributed by atoms with van der Waals surface area (Å²) in [5.41, 5.74) is 7.20. The zero-order chi connectivity index (χ0) is 13.9. The van der Waals surface area contributed by atoms with E-state index in [4.69, 9.17) is 29.6 Å². The highest BCUT2D eigenvalue weighted by atomic mass is 35.5. The minimum absolute atomic E-state index is 0.0587. The van der Waals surface area contributed by atoms with E-state index >= 15 is 0 Å². The van der Waals surface area contributed by atoms with Crippen molar-refractivity contribution in [1.82, 2.24) is 0 Å². The molecule has 1 aromatic rings. The molecule has 0 aliphatic rings. The van der Waals surface area contributed by atoms with Gasteiger partial charge in [-0.05, 0) is 30.5 Å². The van der Waals surface area contributed by atoms with E-state index in [0.717, 1.165) is 5.56 Å². The Kier molecular flexibility index (Phi) is 5.11. The molecule has 18 heavy (non-hydrogen) atoms. The first-order valence-corrected chi connectivity index (χ1v) is 6.48. The van der Waals surface area contributed by atoms with Gasteiger partial charge in [-0.3, -0.25) is 4.79 Å². The number of nitrogens with one attached hydrogen (secondary N) is 1.